The fourth-order valence-electron chi connectivity index (χ4n) is 2.01. The zero-order valence-electron chi connectivity index (χ0n) is 10.7. The van der Waals surface area contributed by atoms with E-state index in [0.29, 0.717) is 5.92 Å². The minimum absolute atomic E-state index is 0.129. The minimum atomic E-state index is 0.129. The van der Waals surface area contributed by atoms with Gasteiger partial charge in [0, 0.05) is 12.2 Å². The number of nitrogens with zero attached hydrogens (tertiary/aromatic N) is 1. The first-order valence-electron chi connectivity index (χ1n) is 6.28. The predicted molar refractivity (Wildman–Crippen MR) is 67.9 cm³/mol. The predicted octanol–water partition coefficient (Wildman–Crippen LogP) is 3.51. The van der Waals surface area contributed by atoms with Gasteiger partial charge in [0.05, 0.1) is 0 Å². The molecule has 2 heteroatoms. The Morgan fingerprint density at radius 3 is 2.75 bits per heavy atom. The van der Waals surface area contributed by atoms with Crippen molar-refractivity contribution in [1.82, 2.24) is 4.90 Å². The van der Waals surface area contributed by atoms with Crippen LogP contribution >= 0.6 is 0 Å². The molecule has 0 N–H and O–H groups in total. The largest absolute Gasteiger partial charge is 0.313 e. The molecule has 0 aliphatic heterocycles. The second kappa shape index (κ2) is 6.51. The Kier molecular flexibility index (Phi) is 5.30. The summed E-state index contributed by atoms with van der Waals surface area (Å²) in [7, 11) is 0. The molecule has 0 heterocycles. The molecule has 0 fully saturated rings. The lowest BCUT2D eigenvalue weighted by atomic mass is 10.0. The summed E-state index contributed by atoms with van der Waals surface area (Å²) >= 11 is 0. The summed E-state index contributed by atoms with van der Waals surface area (Å²) in [6.07, 6.45) is 10.4. The molecule has 0 aromatic heterocycles. The monoisotopic (exact) mass is 221 g/mol. The molecule has 1 rings (SSSR count). The van der Waals surface area contributed by atoms with E-state index in [4.69, 9.17) is 0 Å². The molecule has 90 valence electrons. The van der Waals surface area contributed by atoms with Crippen LogP contribution in [-0.2, 0) is 4.79 Å². The Bertz CT molecular complexity index is 289. The van der Waals surface area contributed by atoms with E-state index in [1.807, 2.05) is 17.9 Å². The molecule has 16 heavy (non-hydrogen) atoms. The summed E-state index contributed by atoms with van der Waals surface area (Å²) in [5, 5.41) is 0. The van der Waals surface area contributed by atoms with Crippen LogP contribution in [-0.4, -0.2) is 17.4 Å². The van der Waals surface area contributed by atoms with Crippen LogP contribution in [0.4, 0.5) is 0 Å². The molecular weight excluding hydrogens is 198 g/mol. The second-order valence-electron chi connectivity index (χ2n) is 4.78. The lowest BCUT2D eigenvalue weighted by molar-refractivity contribution is -0.124. The number of hydrogen-bond donors (Lipinski definition) is 0. The average molecular weight is 221 g/mol. The highest BCUT2D eigenvalue weighted by Gasteiger charge is 2.18. The van der Waals surface area contributed by atoms with Crippen molar-refractivity contribution in [3.05, 3.63) is 23.9 Å². The van der Waals surface area contributed by atoms with Crippen molar-refractivity contribution < 1.29 is 4.79 Å². The number of allylic oxidation sites excluding steroid dienone is 3. The highest BCUT2D eigenvalue weighted by molar-refractivity contribution is 5.88. The van der Waals surface area contributed by atoms with E-state index < -0.39 is 0 Å². The van der Waals surface area contributed by atoms with Crippen molar-refractivity contribution >= 4 is 5.91 Å². The van der Waals surface area contributed by atoms with Gasteiger partial charge in [0.25, 0.3) is 0 Å². The maximum absolute atomic E-state index is 12.0. The number of rotatable bonds is 4. The van der Waals surface area contributed by atoms with Gasteiger partial charge >= 0.3 is 0 Å². The van der Waals surface area contributed by atoms with Crippen LogP contribution in [0.1, 0.15) is 46.5 Å². The van der Waals surface area contributed by atoms with Crippen LogP contribution in [0.2, 0.25) is 0 Å². The number of carbonyl (C=O) groups is 1. The number of hydrogen-bond acceptors (Lipinski definition) is 1. The first-order chi connectivity index (χ1) is 7.65. The van der Waals surface area contributed by atoms with Crippen molar-refractivity contribution in [2.24, 2.45) is 5.92 Å². The maximum Gasteiger partial charge on any atom is 0.250 e. The highest BCUT2D eigenvalue weighted by Crippen LogP contribution is 2.22. The van der Waals surface area contributed by atoms with E-state index in [2.05, 4.69) is 19.9 Å². The van der Waals surface area contributed by atoms with Gasteiger partial charge in [-0.1, -0.05) is 26.0 Å². The van der Waals surface area contributed by atoms with Crippen molar-refractivity contribution in [3.8, 4) is 0 Å². The Morgan fingerprint density at radius 2 is 2.25 bits per heavy atom. The molecule has 0 spiro atoms. The first-order valence-corrected chi connectivity index (χ1v) is 6.28. The number of carbonyl (C=O) groups excluding carboxylic acids is 1. The Hall–Kier alpha value is -1.05. The fourth-order valence-corrected chi connectivity index (χ4v) is 2.01. The molecule has 0 atom stereocenters. The summed E-state index contributed by atoms with van der Waals surface area (Å²) in [4.78, 5) is 13.9. The van der Waals surface area contributed by atoms with Crippen LogP contribution in [0.15, 0.2) is 23.9 Å². The zero-order valence-corrected chi connectivity index (χ0v) is 10.7. The molecule has 2 nitrogen and oxygen atoms in total. The van der Waals surface area contributed by atoms with E-state index in [1.54, 1.807) is 6.08 Å². The average Bonchev–Trinajstić information content (AvgIpc) is 2.27. The molecule has 1 amide bonds. The van der Waals surface area contributed by atoms with E-state index in [0.717, 1.165) is 19.4 Å². The van der Waals surface area contributed by atoms with E-state index in [-0.39, 0.29) is 5.91 Å². The molecule has 0 radical (unpaired) electrons. The van der Waals surface area contributed by atoms with Crippen molar-refractivity contribution in [1.29, 1.82) is 0 Å². The van der Waals surface area contributed by atoms with Crippen LogP contribution in [0, 0.1) is 5.92 Å². The lowest BCUT2D eigenvalue weighted by Crippen LogP contribution is -2.32. The summed E-state index contributed by atoms with van der Waals surface area (Å²) in [6.45, 7) is 7.02. The highest BCUT2D eigenvalue weighted by atomic mass is 16.2. The molecule has 0 aromatic carbocycles. The first kappa shape index (κ1) is 13.0. The van der Waals surface area contributed by atoms with Crippen LogP contribution in [0.25, 0.3) is 0 Å². The van der Waals surface area contributed by atoms with Gasteiger partial charge in [0.15, 0.2) is 0 Å². The lowest BCUT2D eigenvalue weighted by Gasteiger charge is -2.28. The van der Waals surface area contributed by atoms with Crippen molar-refractivity contribution in [2.45, 2.75) is 46.5 Å². The summed E-state index contributed by atoms with van der Waals surface area (Å²) in [5.41, 5.74) is 1.23. The summed E-state index contributed by atoms with van der Waals surface area (Å²) in [5.74, 6) is 0.640. The quantitative estimate of drug-likeness (QED) is 0.665. The van der Waals surface area contributed by atoms with Crippen LogP contribution in [0.5, 0.6) is 0 Å². The van der Waals surface area contributed by atoms with Crippen LogP contribution < -0.4 is 0 Å². The minimum Gasteiger partial charge on any atom is -0.313 e. The Balaban J connectivity index is 2.77. The van der Waals surface area contributed by atoms with Gasteiger partial charge < -0.3 is 4.90 Å². The fraction of sp³-hybridized carbons (Fsp3) is 0.643. The van der Waals surface area contributed by atoms with Crippen molar-refractivity contribution in [3.63, 3.8) is 0 Å². The Labute approximate surface area is 99.0 Å². The molecule has 0 bridgehead atoms. The van der Waals surface area contributed by atoms with E-state index in [1.165, 1.54) is 18.5 Å². The van der Waals surface area contributed by atoms with E-state index in [9.17, 15) is 4.79 Å². The summed E-state index contributed by atoms with van der Waals surface area (Å²) < 4.78 is 0. The van der Waals surface area contributed by atoms with Gasteiger partial charge in [-0.2, -0.15) is 0 Å². The molecule has 0 unspecified atom stereocenters. The molecule has 1 aliphatic rings. The molecule has 0 saturated carbocycles. The topological polar surface area (TPSA) is 20.3 Å². The van der Waals surface area contributed by atoms with Gasteiger partial charge in [-0.15, -0.1) is 0 Å². The smallest absolute Gasteiger partial charge is 0.250 e. The van der Waals surface area contributed by atoms with Gasteiger partial charge in [0.1, 0.15) is 0 Å². The third kappa shape index (κ3) is 3.84. The van der Waals surface area contributed by atoms with Crippen molar-refractivity contribution in [2.75, 3.05) is 6.54 Å². The van der Waals surface area contributed by atoms with Gasteiger partial charge in [-0.3, -0.25) is 4.79 Å². The molecular formula is C14H23NO. The van der Waals surface area contributed by atoms with Gasteiger partial charge in [0.2, 0.25) is 5.91 Å². The molecule has 0 aromatic rings. The third-order valence-corrected chi connectivity index (χ3v) is 2.74. The molecule has 1 aliphatic carbocycles. The second-order valence-corrected chi connectivity index (χ2v) is 4.78. The number of amides is 1. The standard InChI is InChI=1S/C14H23NO/c1-4-8-14(16)15(11-12(2)3)13-9-6-5-7-10-13/h4,8-9,12H,5-7,10-11H2,1-3H3/b8-4+. The van der Waals surface area contributed by atoms with Crippen LogP contribution in [0.3, 0.4) is 0 Å². The maximum atomic E-state index is 12.0. The van der Waals surface area contributed by atoms with Gasteiger partial charge in [-0.05, 0) is 44.6 Å². The zero-order chi connectivity index (χ0) is 12.0. The Morgan fingerprint density at radius 1 is 1.50 bits per heavy atom. The van der Waals surface area contributed by atoms with Gasteiger partial charge in [-0.25, -0.2) is 0 Å². The third-order valence-electron chi connectivity index (χ3n) is 2.74. The van der Waals surface area contributed by atoms with E-state index >= 15 is 0 Å². The SMILES string of the molecule is C/C=C/C(=O)N(CC(C)C)C1=CCCCC1. The normalized spacial score (nSPS) is 16.6. The summed E-state index contributed by atoms with van der Waals surface area (Å²) in [6, 6.07) is 0. The molecule has 0 saturated heterocycles.